The fraction of sp³-hybridized carbons (Fsp3) is 0.130. The van der Waals surface area contributed by atoms with E-state index < -0.39 is 10.0 Å². The van der Waals surface area contributed by atoms with Crippen LogP contribution < -0.4 is 14.4 Å². The maximum atomic E-state index is 13.0. The van der Waals surface area contributed by atoms with Crippen LogP contribution in [-0.4, -0.2) is 27.2 Å². The average Bonchev–Trinajstić information content (AvgIpc) is 2.83. The van der Waals surface area contributed by atoms with Crippen molar-refractivity contribution in [3.05, 3.63) is 77.4 Å². The van der Waals surface area contributed by atoms with Crippen LogP contribution in [0.3, 0.4) is 0 Å². The molecule has 0 unspecified atom stereocenters. The molecule has 1 amide bonds. The van der Waals surface area contributed by atoms with Crippen molar-refractivity contribution in [3.63, 3.8) is 0 Å². The van der Waals surface area contributed by atoms with E-state index in [9.17, 15) is 18.0 Å². The standard InChI is InChI=1S/C23H20N2O5S/c1-14-7-9-22-20(11-14)25(3)23(27)19-13-17(8-10-21(19)30-22)24-31(28,29)18-6-4-5-16(12-18)15(2)26/h4-13,24H,1-3H3. The number of aryl methyl sites for hydroxylation is 1. The second-order valence-electron chi connectivity index (χ2n) is 7.34. The number of nitrogens with zero attached hydrogens (tertiary/aromatic N) is 1. The topological polar surface area (TPSA) is 92.8 Å². The van der Waals surface area contributed by atoms with Crippen LogP contribution >= 0.6 is 0 Å². The molecule has 3 aromatic carbocycles. The molecule has 3 aromatic rings. The molecule has 4 rings (SSSR count). The highest BCUT2D eigenvalue weighted by Gasteiger charge is 2.27. The van der Waals surface area contributed by atoms with Gasteiger partial charge in [-0.2, -0.15) is 0 Å². The minimum atomic E-state index is -3.96. The van der Waals surface area contributed by atoms with Gasteiger partial charge in [0.05, 0.1) is 16.1 Å². The fourth-order valence-electron chi connectivity index (χ4n) is 3.33. The number of hydrogen-bond donors (Lipinski definition) is 1. The summed E-state index contributed by atoms with van der Waals surface area (Å²) in [6.07, 6.45) is 0. The van der Waals surface area contributed by atoms with Crippen LogP contribution in [-0.2, 0) is 10.0 Å². The highest BCUT2D eigenvalue weighted by Crippen LogP contribution is 2.39. The summed E-state index contributed by atoms with van der Waals surface area (Å²) >= 11 is 0. The van der Waals surface area contributed by atoms with E-state index in [1.165, 1.54) is 42.2 Å². The number of fused-ring (bicyclic) bond motifs is 2. The molecule has 0 saturated carbocycles. The Bertz CT molecular complexity index is 1330. The highest BCUT2D eigenvalue weighted by atomic mass is 32.2. The molecule has 0 bridgehead atoms. The van der Waals surface area contributed by atoms with E-state index >= 15 is 0 Å². The van der Waals surface area contributed by atoms with Crippen LogP contribution in [0.5, 0.6) is 11.5 Å². The maximum Gasteiger partial charge on any atom is 0.261 e. The number of hydrogen-bond acceptors (Lipinski definition) is 5. The quantitative estimate of drug-likeness (QED) is 0.613. The van der Waals surface area contributed by atoms with E-state index in [1.54, 1.807) is 25.2 Å². The van der Waals surface area contributed by atoms with Crippen LogP contribution in [0.25, 0.3) is 0 Å². The molecule has 0 atom stereocenters. The summed E-state index contributed by atoms with van der Waals surface area (Å²) in [5.41, 5.74) is 2.34. The lowest BCUT2D eigenvalue weighted by Gasteiger charge is -2.17. The Morgan fingerprint density at radius 1 is 1.00 bits per heavy atom. The molecule has 1 heterocycles. The zero-order valence-corrected chi connectivity index (χ0v) is 18.0. The summed E-state index contributed by atoms with van der Waals surface area (Å²) in [6.45, 7) is 3.29. The van der Waals surface area contributed by atoms with Crippen LogP contribution in [0.2, 0.25) is 0 Å². The van der Waals surface area contributed by atoms with Gasteiger partial charge < -0.3 is 9.64 Å². The number of benzene rings is 3. The summed E-state index contributed by atoms with van der Waals surface area (Å²) in [6, 6.07) is 15.8. The first kappa shape index (κ1) is 20.6. The zero-order chi connectivity index (χ0) is 22.3. The molecule has 0 spiro atoms. The lowest BCUT2D eigenvalue weighted by atomic mass is 10.1. The summed E-state index contributed by atoms with van der Waals surface area (Å²) < 4.78 is 34.1. The molecule has 1 N–H and O–H groups in total. The van der Waals surface area contributed by atoms with E-state index in [0.29, 0.717) is 22.7 Å². The van der Waals surface area contributed by atoms with Crippen LogP contribution in [0.1, 0.15) is 33.2 Å². The average molecular weight is 436 g/mol. The normalized spacial score (nSPS) is 13.0. The van der Waals surface area contributed by atoms with E-state index in [-0.39, 0.29) is 27.8 Å². The van der Waals surface area contributed by atoms with Gasteiger partial charge in [-0.1, -0.05) is 18.2 Å². The van der Waals surface area contributed by atoms with Gasteiger partial charge in [-0.3, -0.25) is 14.3 Å². The van der Waals surface area contributed by atoms with Crippen LogP contribution in [0, 0.1) is 6.92 Å². The van der Waals surface area contributed by atoms with E-state index in [1.807, 2.05) is 19.1 Å². The molecular weight excluding hydrogens is 416 g/mol. The third kappa shape index (κ3) is 3.89. The largest absolute Gasteiger partial charge is 0.454 e. The third-order valence-electron chi connectivity index (χ3n) is 5.01. The fourth-order valence-corrected chi connectivity index (χ4v) is 4.43. The van der Waals surface area contributed by atoms with Crippen molar-refractivity contribution < 1.29 is 22.7 Å². The molecule has 0 radical (unpaired) electrons. The Hall–Kier alpha value is -3.65. The van der Waals surface area contributed by atoms with Crippen LogP contribution in [0.15, 0.2) is 65.6 Å². The molecule has 158 valence electrons. The van der Waals surface area contributed by atoms with Crippen molar-refractivity contribution in [1.29, 1.82) is 0 Å². The number of rotatable bonds is 4. The van der Waals surface area contributed by atoms with Gasteiger partial charge in [0, 0.05) is 18.3 Å². The van der Waals surface area contributed by atoms with Gasteiger partial charge in [0.25, 0.3) is 15.9 Å². The SMILES string of the molecule is CC(=O)c1cccc(S(=O)(=O)Nc2ccc3c(c2)C(=O)N(C)c2cc(C)ccc2O3)c1. The van der Waals surface area contributed by atoms with Crippen molar-refractivity contribution >= 4 is 33.1 Å². The molecule has 0 aromatic heterocycles. The molecule has 1 aliphatic rings. The maximum absolute atomic E-state index is 13.0. The number of amides is 1. The highest BCUT2D eigenvalue weighted by molar-refractivity contribution is 7.92. The number of carbonyl (C=O) groups is 2. The lowest BCUT2D eigenvalue weighted by Crippen LogP contribution is -2.25. The Kier molecular flexibility index (Phi) is 5.02. The van der Waals surface area contributed by atoms with Crippen molar-refractivity contribution in [1.82, 2.24) is 0 Å². The lowest BCUT2D eigenvalue weighted by molar-refractivity contribution is 0.0990. The number of nitrogens with one attached hydrogen (secondary N) is 1. The summed E-state index contributed by atoms with van der Waals surface area (Å²) in [4.78, 5) is 26.1. The Labute approximate surface area is 180 Å². The van der Waals surface area contributed by atoms with Gasteiger partial charge >= 0.3 is 0 Å². The van der Waals surface area contributed by atoms with Crippen molar-refractivity contribution in [2.75, 3.05) is 16.7 Å². The van der Waals surface area contributed by atoms with Crippen molar-refractivity contribution in [3.8, 4) is 11.5 Å². The molecule has 8 heteroatoms. The predicted octanol–water partition coefficient (Wildman–Crippen LogP) is 4.38. The molecule has 1 aliphatic heterocycles. The van der Waals surface area contributed by atoms with Gasteiger partial charge in [0.2, 0.25) is 0 Å². The predicted molar refractivity (Wildman–Crippen MR) is 118 cm³/mol. The molecule has 7 nitrogen and oxygen atoms in total. The van der Waals surface area contributed by atoms with E-state index in [2.05, 4.69) is 4.72 Å². The Morgan fingerprint density at radius 3 is 2.48 bits per heavy atom. The minimum Gasteiger partial charge on any atom is -0.454 e. The van der Waals surface area contributed by atoms with Gasteiger partial charge in [0.1, 0.15) is 5.75 Å². The first-order valence-electron chi connectivity index (χ1n) is 9.50. The molecule has 31 heavy (non-hydrogen) atoms. The Morgan fingerprint density at radius 2 is 1.74 bits per heavy atom. The number of sulfonamides is 1. The second kappa shape index (κ2) is 7.55. The van der Waals surface area contributed by atoms with Crippen molar-refractivity contribution in [2.45, 2.75) is 18.7 Å². The number of ketones is 1. The number of Topliss-reactive ketones (excluding diaryl/α,β-unsaturated/α-hetero) is 1. The third-order valence-corrected chi connectivity index (χ3v) is 6.39. The smallest absolute Gasteiger partial charge is 0.261 e. The monoisotopic (exact) mass is 436 g/mol. The first-order valence-corrected chi connectivity index (χ1v) is 11.0. The molecule has 0 fully saturated rings. The van der Waals surface area contributed by atoms with Gasteiger partial charge in [0.15, 0.2) is 11.5 Å². The summed E-state index contributed by atoms with van der Waals surface area (Å²) in [5.74, 6) is 0.317. The second-order valence-corrected chi connectivity index (χ2v) is 9.02. The molecule has 0 saturated heterocycles. The molecular formula is C23H20N2O5S. The van der Waals surface area contributed by atoms with Crippen LogP contribution in [0.4, 0.5) is 11.4 Å². The number of anilines is 2. The summed E-state index contributed by atoms with van der Waals surface area (Å²) in [5, 5.41) is 0. The van der Waals surface area contributed by atoms with Gasteiger partial charge in [-0.25, -0.2) is 8.42 Å². The number of ether oxygens (including phenoxy) is 1. The zero-order valence-electron chi connectivity index (χ0n) is 17.2. The Balaban J connectivity index is 1.69. The summed E-state index contributed by atoms with van der Waals surface area (Å²) in [7, 11) is -2.32. The number of carbonyl (C=O) groups excluding carboxylic acids is 2. The molecule has 0 aliphatic carbocycles. The van der Waals surface area contributed by atoms with E-state index in [0.717, 1.165) is 5.56 Å². The van der Waals surface area contributed by atoms with E-state index in [4.69, 9.17) is 4.74 Å². The first-order chi connectivity index (χ1) is 14.7. The van der Waals surface area contributed by atoms with Crippen molar-refractivity contribution in [2.24, 2.45) is 0 Å². The van der Waals surface area contributed by atoms with Gasteiger partial charge in [-0.15, -0.1) is 0 Å². The van der Waals surface area contributed by atoms with Gasteiger partial charge in [-0.05, 0) is 61.9 Å². The minimum absolute atomic E-state index is 0.0438.